The van der Waals surface area contributed by atoms with Gasteiger partial charge >= 0.3 is 0 Å². The monoisotopic (exact) mass is 477 g/mol. The third kappa shape index (κ3) is 5.43. The van der Waals surface area contributed by atoms with Crippen LogP contribution < -0.4 is 15.6 Å². The highest BCUT2D eigenvalue weighted by atomic mass is 32.2. The second kappa shape index (κ2) is 10.0. The Hall–Kier alpha value is -2.76. The number of benzene rings is 1. The normalized spacial score (nSPS) is 15.6. The van der Waals surface area contributed by atoms with Gasteiger partial charge in [0.15, 0.2) is 0 Å². The zero-order valence-corrected chi connectivity index (χ0v) is 20.5. The van der Waals surface area contributed by atoms with Crippen LogP contribution in [-0.4, -0.2) is 73.3 Å². The third-order valence-corrected chi connectivity index (χ3v) is 7.30. The summed E-state index contributed by atoms with van der Waals surface area (Å²) >= 11 is 0. The van der Waals surface area contributed by atoms with Crippen LogP contribution in [0.5, 0.6) is 5.75 Å². The molecule has 1 aliphatic rings. The van der Waals surface area contributed by atoms with Gasteiger partial charge in [0.1, 0.15) is 17.3 Å². The van der Waals surface area contributed by atoms with Crippen molar-refractivity contribution in [1.82, 2.24) is 19.2 Å². The van der Waals surface area contributed by atoms with Gasteiger partial charge in [0.2, 0.25) is 15.9 Å². The fourth-order valence-corrected chi connectivity index (χ4v) is 5.10. The van der Waals surface area contributed by atoms with Crippen LogP contribution in [0.1, 0.15) is 39.3 Å². The molecule has 2 heterocycles. The molecule has 1 fully saturated rings. The first-order valence-corrected chi connectivity index (χ1v) is 12.4. The molecule has 0 saturated carbocycles. The lowest BCUT2D eigenvalue weighted by atomic mass is 10.1. The average molecular weight is 478 g/mol. The molecule has 0 aliphatic carbocycles. The van der Waals surface area contributed by atoms with Crippen molar-refractivity contribution in [3.05, 3.63) is 34.2 Å². The summed E-state index contributed by atoms with van der Waals surface area (Å²) in [5, 5.41) is 2.54. The van der Waals surface area contributed by atoms with Crippen molar-refractivity contribution in [3.63, 3.8) is 0 Å². The van der Waals surface area contributed by atoms with Gasteiger partial charge in [0.25, 0.3) is 5.56 Å². The summed E-state index contributed by atoms with van der Waals surface area (Å²) < 4.78 is 33.7. The van der Waals surface area contributed by atoms with Crippen LogP contribution in [0.3, 0.4) is 0 Å². The van der Waals surface area contributed by atoms with Gasteiger partial charge in [-0.25, -0.2) is 13.4 Å². The number of hydrogen-bond donors (Lipinski definition) is 2. The molecule has 2 N–H and O–H groups in total. The molecule has 33 heavy (non-hydrogen) atoms. The predicted molar refractivity (Wildman–Crippen MR) is 126 cm³/mol. The SMILES string of the molecule is CCOc1ccc(S(=O)(=O)N2CCN(C)CC2)cc1-c1nc(C(C)C)c(NC(C)=O)c(=O)[nH]1. The van der Waals surface area contributed by atoms with Gasteiger partial charge in [-0.2, -0.15) is 4.31 Å². The maximum Gasteiger partial charge on any atom is 0.275 e. The highest BCUT2D eigenvalue weighted by Crippen LogP contribution is 2.33. The number of aromatic amines is 1. The number of H-pyrrole nitrogens is 1. The van der Waals surface area contributed by atoms with Crippen LogP contribution in [0.4, 0.5) is 5.69 Å². The van der Waals surface area contributed by atoms with Gasteiger partial charge in [-0.3, -0.25) is 9.59 Å². The van der Waals surface area contributed by atoms with Crippen molar-refractivity contribution in [2.75, 3.05) is 45.2 Å². The Morgan fingerprint density at radius 3 is 2.48 bits per heavy atom. The van der Waals surface area contributed by atoms with E-state index in [1.54, 1.807) is 6.07 Å². The number of likely N-dealkylation sites (N-methyl/N-ethyl adjacent to an activating group) is 1. The minimum Gasteiger partial charge on any atom is -0.493 e. The Morgan fingerprint density at radius 1 is 1.24 bits per heavy atom. The molecule has 0 radical (unpaired) electrons. The molecular formula is C22H31N5O5S. The van der Waals surface area contributed by atoms with Gasteiger partial charge in [-0.1, -0.05) is 13.8 Å². The minimum absolute atomic E-state index is 0.0837. The van der Waals surface area contributed by atoms with E-state index in [-0.39, 0.29) is 28.2 Å². The summed E-state index contributed by atoms with van der Waals surface area (Å²) in [6.45, 7) is 9.30. The van der Waals surface area contributed by atoms with Crippen molar-refractivity contribution in [3.8, 4) is 17.1 Å². The van der Waals surface area contributed by atoms with Gasteiger partial charge in [-0.15, -0.1) is 0 Å². The summed E-state index contributed by atoms with van der Waals surface area (Å²) in [5.74, 6) is 0.0320. The number of carbonyl (C=O) groups is 1. The van der Waals surface area contributed by atoms with Crippen LogP contribution in [-0.2, 0) is 14.8 Å². The molecule has 3 rings (SSSR count). The van der Waals surface area contributed by atoms with Gasteiger partial charge < -0.3 is 19.9 Å². The van der Waals surface area contributed by atoms with Crippen LogP contribution in [0.25, 0.3) is 11.4 Å². The van der Waals surface area contributed by atoms with E-state index in [4.69, 9.17) is 4.74 Å². The molecule has 0 atom stereocenters. The predicted octanol–water partition coefficient (Wildman–Crippen LogP) is 1.85. The number of carbonyl (C=O) groups excluding carboxylic acids is 1. The van der Waals surface area contributed by atoms with Crippen LogP contribution in [0, 0.1) is 0 Å². The van der Waals surface area contributed by atoms with Crippen molar-refractivity contribution >= 4 is 21.6 Å². The van der Waals surface area contributed by atoms with E-state index in [2.05, 4.69) is 20.2 Å². The first-order valence-electron chi connectivity index (χ1n) is 10.9. The summed E-state index contributed by atoms with van der Waals surface area (Å²) in [5.41, 5.74) is 0.327. The van der Waals surface area contributed by atoms with E-state index in [1.807, 2.05) is 27.8 Å². The van der Waals surface area contributed by atoms with E-state index >= 15 is 0 Å². The Morgan fingerprint density at radius 2 is 1.91 bits per heavy atom. The molecule has 0 bridgehead atoms. The average Bonchev–Trinajstić information content (AvgIpc) is 2.75. The molecule has 11 heteroatoms. The molecule has 1 aromatic heterocycles. The topological polar surface area (TPSA) is 125 Å². The largest absolute Gasteiger partial charge is 0.493 e. The first-order chi connectivity index (χ1) is 15.5. The van der Waals surface area contributed by atoms with Crippen molar-refractivity contribution in [1.29, 1.82) is 0 Å². The van der Waals surface area contributed by atoms with Gasteiger partial charge in [0.05, 0.1) is 22.8 Å². The lowest BCUT2D eigenvalue weighted by Gasteiger charge is -2.31. The quantitative estimate of drug-likeness (QED) is 0.623. The fourth-order valence-electron chi connectivity index (χ4n) is 3.65. The van der Waals surface area contributed by atoms with E-state index in [0.29, 0.717) is 49.8 Å². The molecule has 1 saturated heterocycles. The number of amides is 1. The molecular weight excluding hydrogens is 446 g/mol. The third-order valence-electron chi connectivity index (χ3n) is 5.40. The fraction of sp³-hybridized carbons (Fsp3) is 0.500. The van der Waals surface area contributed by atoms with E-state index in [0.717, 1.165) is 0 Å². The Labute approximate surface area is 194 Å². The lowest BCUT2D eigenvalue weighted by Crippen LogP contribution is -2.47. The van der Waals surface area contributed by atoms with E-state index < -0.39 is 15.6 Å². The summed E-state index contributed by atoms with van der Waals surface area (Å²) in [6.07, 6.45) is 0. The first kappa shape index (κ1) is 24.9. The summed E-state index contributed by atoms with van der Waals surface area (Å²) in [4.78, 5) is 33.8. The number of ether oxygens (including phenoxy) is 1. The zero-order chi connectivity index (χ0) is 24.3. The standard InChI is InChI=1S/C22H31N5O5S/c1-6-32-18-8-7-16(33(30,31)27-11-9-26(5)10-12-27)13-17(18)21-24-19(14(2)3)20(22(29)25-21)23-15(4)28/h7-8,13-14H,6,9-12H2,1-5H3,(H,23,28)(H,24,25,29). The summed E-state index contributed by atoms with van der Waals surface area (Å²) in [6, 6.07) is 4.58. The molecule has 0 unspecified atom stereocenters. The van der Waals surface area contributed by atoms with Crippen LogP contribution in [0.15, 0.2) is 27.9 Å². The number of rotatable bonds is 7. The minimum atomic E-state index is -3.73. The number of nitrogens with one attached hydrogen (secondary N) is 2. The van der Waals surface area contributed by atoms with Crippen LogP contribution >= 0.6 is 0 Å². The molecule has 2 aromatic rings. The van der Waals surface area contributed by atoms with Crippen molar-refractivity contribution in [2.45, 2.75) is 38.5 Å². The maximum atomic E-state index is 13.3. The van der Waals surface area contributed by atoms with Crippen LogP contribution in [0.2, 0.25) is 0 Å². The number of hydrogen-bond acceptors (Lipinski definition) is 7. The van der Waals surface area contributed by atoms with Gasteiger partial charge in [-0.05, 0) is 38.1 Å². The smallest absolute Gasteiger partial charge is 0.275 e. The van der Waals surface area contributed by atoms with Crippen molar-refractivity contribution < 1.29 is 17.9 Å². The Kier molecular flexibility index (Phi) is 7.55. The molecule has 180 valence electrons. The Balaban J connectivity index is 2.14. The molecule has 1 aliphatic heterocycles. The molecule has 10 nitrogen and oxygen atoms in total. The number of anilines is 1. The molecule has 1 aromatic carbocycles. The highest BCUT2D eigenvalue weighted by Gasteiger charge is 2.29. The van der Waals surface area contributed by atoms with E-state index in [9.17, 15) is 18.0 Å². The Bertz CT molecular complexity index is 1180. The van der Waals surface area contributed by atoms with Gasteiger partial charge in [0, 0.05) is 33.1 Å². The maximum absolute atomic E-state index is 13.3. The second-order valence-electron chi connectivity index (χ2n) is 8.31. The lowest BCUT2D eigenvalue weighted by molar-refractivity contribution is -0.114. The number of sulfonamides is 1. The molecule has 1 amide bonds. The molecule has 0 spiro atoms. The van der Waals surface area contributed by atoms with Crippen molar-refractivity contribution in [2.24, 2.45) is 0 Å². The van der Waals surface area contributed by atoms with E-state index in [1.165, 1.54) is 23.4 Å². The second-order valence-corrected chi connectivity index (χ2v) is 10.2. The zero-order valence-electron chi connectivity index (χ0n) is 19.6. The summed E-state index contributed by atoms with van der Waals surface area (Å²) in [7, 11) is -1.78. The number of aromatic nitrogens is 2. The number of nitrogens with zero attached hydrogens (tertiary/aromatic N) is 3. The number of piperazine rings is 1. The highest BCUT2D eigenvalue weighted by molar-refractivity contribution is 7.89.